The number of carbonyl (C=O) groups excluding carboxylic acids is 1. The van der Waals surface area contributed by atoms with Crippen LogP contribution < -0.4 is 15.4 Å². The minimum atomic E-state index is -0.291. The highest BCUT2D eigenvalue weighted by Gasteiger charge is 2.10. The van der Waals surface area contributed by atoms with E-state index in [-0.39, 0.29) is 17.6 Å². The molecule has 0 heterocycles. The van der Waals surface area contributed by atoms with E-state index in [1.165, 1.54) is 5.56 Å². The maximum atomic E-state index is 12.1. The molecule has 0 atom stereocenters. The van der Waals surface area contributed by atoms with Crippen molar-refractivity contribution in [3.05, 3.63) is 59.2 Å². The zero-order valence-electron chi connectivity index (χ0n) is 15.1. The quantitative estimate of drug-likeness (QED) is 0.784. The lowest BCUT2D eigenvalue weighted by molar-refractivity contribution is -0.121. The summed E-state index contributed by atoms with van der Waals surface area (Å²) in [4.78, 5) is 12.1. The second-order valence-electron chi connectivity index (χ2n) is 6.30. The van der Waals surface area contributed by atoms with E-state index in [0.717, 1.165) is 22.6 Å². The number of carbonyl (C=O) groups is 1. The Labute approximate surface area is 154 Å². The van der Waals surface area contributed by atoms with Crippen LogP contribution in [0.4, 0.5) is 5.69 Å². The van der Waals surface area contributed by atoms with Gasteiger partial charge < -0.3 is 10.1 Å². The Kier molecular flexibility index (Phi) is 6.53. The molecule has 2 N–H and O–H groups in total. The number of thiocarbonyl (C=S) groups is 1. The van der Waals surface area contributed by atoms with Crippen molar-refractivity contribution >= 4 is 28.9 Å². The Bertz CT molecular complexity index is 772. The minimum absolute atomic E-state index is 0.0849. The Morgan fingerprint density at radius 3 is 2.56 bits per heavy atom. The SMILES string of the molecule is Cc1ccc(NC(=S)NC(=O)COc2ccccc2C(C)C)c(C)c1. The molecule has 0 aliphatic carbocycles. The van der Waals surface area contributed by atoms with Gasteiger partial charge >= 0.3 is 0 Å². The maximum Gasteiger partial charge on any atom is 0.264 e. The first-order valence-electron chi connectivity index (χ1n) is 8.26. The number of rotatable bonds is 5. The Morgan fingerprint density at radius 1 is 1.16 bits per heavy atom. The molecule has 0 saturated heterocycles. The van der Waals surface area contributed by atoms with Gasteiger partial charge in [-0.25, -0.2) is 0 Å². The summed E-state index contributed by atoms with van der Waals surface area (Å²) in [6, 6.07) is 13.7. The van der Waals surface area contributed by atoms with Crippen molar-refractivity contribution in [2.45, 2.75) is 33.6 Å². The van der Waals surface area contributed by atoms with Gasteiger partial charge in [0.25, 0.3) is 5.91 Å². The molecule has 2 rings (SSSR count). The van der Waals surface area contributed by atoms with E-state index in [1.807, 2.05) is 50.2 Å². The minimum Gasteiger partial charge on any atom is -0.483 e. The van der Waals surface area contributed by atoms with Crippen molar-refractivity contribution in [1.82, 2.24) is 5.32 Å². The topological polar surface area (TPSA) is 50.4 Å². The van der Waals surface area contributed by atoms with Crippen molar-refractivity contribution in [2.24, 2.45) is 0 Å². The van der Waals surface area contributed by atoms with Gasteiger partial charge in [-0.2, -0.15) is 0 Å². The summed E-state index contributed by atoms with van der Waals surface area (Å²) in [6.45, 7) is 8.11. The average molecular weight is 356 g/mol. The van der Waals surface area contributed by atoms with Gasteiger partial charge in [-0.15, -0.1) is 0 Å². The van der Waals surface area contributed by atoms with E-state index in [2.05, 4.69) is 30.5 Å². The molecule has 0 aromatic heterocycles. The molecule has 0 aliphatic heterocycles. The number of para-hydroxylation sites is 1. The number of hydrogen-bond acceptors (Lipinski definition) is 3. The zero-order valence-corrected chi connectivity index (χ0v) is 15.9. The summed E-state index contributed by atoms with van der Waals surface area (Å²) in [6.07, 6.45) is 0. The van der Waals surface area contributed by atoms with Crippen LogP contribution in [-0.4, -0.2) is 17.6 Å². The Hall–Kier alpha value is -2.40. The number of anilines is 1. The third-order valence-electron chi connectivity index (χ3n) is 3.78. The fraction of sp³-hybridized carbons (Fsp3) is 0.300. The van der Waals surface area contributed by atoms with Gasteiger partial charge in [-0.3, -0.25) is 10.1 Å². The van der Waals surface area contributed by atoms with Crippen LogP contribution in [-0.2, 0) is 4.79 Å². The number of ether oxygens (including phenoxy) is 1. The first-order chi connectivity index (χ1) is 11.9. The molecule has 4 nitrogen and oxygen atoms in total. The monoisotopic (exact) mass is 356 g/mol. The van der Waals surface area contributed by atoms with Crippen LogP contribution in [0.15, 0.2) is 42.5 Å². The molecular weight excluding hydrogens is 332 g/mol. The molecule has 0 radical (unpaired) electrons. The van der Waals surface area contributed by atoms with E-state index >= 15 is 0 Å². The second kappa shape index (κ2) is 8.62. The lowest BCUT2D eigenvalue weighted by Gasteiger charge is -2.15. The first kappa shape index (κ1) is 18.9. The molecule has 2 aromatic carbocycles. The molecule has 25 heavy (non-hydrogen) atoms. The van der Waals surface area contributed by atoms with Crippen LogP contribution in [0.25, 0.3) is 0 Å². The molecule has 0 fully saturated rings. The van der Waals surface area contributed by atoms with Crippen molar-refractivity contribution in [3.63, 3.8) is 0 Å². The van der Waals surface area contributed by atoms with Crippen molar-refractivity contribution in [1.29, 1.82) is 0 Å². The highest BCUT2D eigenvalue weighted by Crippen LogP contribution is 2.25. The Balaban J connectivity index is 1.89. The van der Waals surface area contributed by atoms with Gasteiger partial charge in [0, 0.05) is 5.69 Å². The average Bonchev–Trinajstić information content (AvgIpc) is 2.55. The molecule has 2 aromatic rings. The summed E-state index contributed by atoms with van der Waals surface area (Å²) in [5, 5.41) is 5.95. The predicted molar refractivity (Wildman–Crippen MR) is 106 cm³/mol. The molecule has 132 valence electrons. The van der Waals surface area contributed by atoms with Crippen LogP contribution in [0, 0.1) is 13.8 Å². The molecule has 0 saturated carbocycles. The molecular formula is C20H24N2O2S. The van der Waals surface area contributed by atoms with E-state index in [9.17, 15) is 4.79 Å². The maximum absolute atomic E-state index is 12.1. The number of nitrogens with one attached hydrogen (secondary N) is 2. The summed E-state index contributed by atoms with van der Waals surface area (Å²) in [7, 11) is 0. The van der Waals surface area contributed by atoms with Crippen LogP contribution in [0.1, 0.15) is 36.5 Å². The standard InChI is InChI=1S/C20H24N2O2S/c1-13(2)16-7-5-6-8-18(16)24-12-19(23)22-20(25)21-17-10-9-14(3)11-15(17)4/h5-11,13H,12H2,1-4H3,(H2,21,22,23,25). The molecule has 0 unspecified atom stereocenters. The van der Waals surface area contributed by atoms with Crippen LogP contribution in [0.2, 0.25) is 0 Å². The van der Waals surface area contributed by atoms with Gasteiger partial charge in [-0.1, -0.05) is 49.7 Å². The van der Waals surface area contributed by atoms with E-state index in [1.54, 1.807) is 0 Å². The number of benzene rings is 2. The lowest BCUT2D eigenvalue weighted by atomic mass is 10.0. The normalized spacial score (nSPS) is 10.4. The fourth-order valence-electron chi connectivity index (χ4n) is 2.50. The number of aryl methyl sites for hydroxylation is 2. The number of amides is 1. The number of hydrogen-bond donors (Lipinski definition) is 2. The highest BCUT2D eigenvalue weighted by molar-refractivity contribution is 7.80. The third kappa shape index (κ3) is 5.57. The lowest BCUT2D eigenvalue weighted by Crippen LogP contribution is -2.37. The van der Waals surface area contributed by atoms with Gasteiger partial charge in [0.15, 0.2) is 11.7 Å². The molecule has 0 aliphatic rings. The van der Waals surface area contributed by atoms with Crippen molar-refractivity contribution in [2.75, 3.05) is 11.9 Å². The third-order valence-corrected chi connectivity index (χ3v) is 3.99. The van der Waals surface area contributed by atoms with Gasteiger partial charge in [0.1, 0.15) is 5.75 Å². The summed E-state index contributed by atoms with van der Waals surface area (Å²) < 4.78 is 5.65. The highest BCUT2D eigenvalue weighted by atomic mass is 32.1. The summed E-state index contributed by atoms with van der Waals surface area (Å²) >= 11 is 5.20. The molecule has 0 spiro atoms. The van der Waals surface area contributed by atoms with Crippen molar-refractivity contribution in [3.8, 4) is 5.75 Å². The fourth-order valence-corrected chi connectivity index (χ4v) is 2.73. The van der Waals surface area contributed by atoms with Gasteiger partial charge in [0.05, 0.1) is 0 Å². The summed E-state index contributed by atoms with van der Waals surface area (Å²) in [5.41, 5.74) is 4.20. The largest absolute Gasteiger partial charge is 0.483 e. The molecule has 1 amide bonds. The van der Waals surface area contributed by atoms with Crippen LogP contribution >= 0.6 is 12.2 Å². The van der Waals surface area contributed by atoms with E-state index in [0.29, 0.717) is 5.92 Å². The van der Waals surface area contributed by atoms with Gasteiger partial charge in [0.2, 0.25) is 0 Å². The van der Waals surface area contributed by atoms with Crippen LogP contribution in [0.3, 0.4) is 0 Å². The molecule has 5 heteroatoms. The van der Waals surface area contributed by atoms with Gasteiger partial charge in [-0.05, 0) is 55.2 Å². The van der Waals surface area contributed by atoms with Crippen LogP contribution in [0.5, 0.6) is 5.75 Å². The Morgan fingerprint density at radius 2 is 1.88 bits per heavy atom. The first-order valence-corrected chi connectivity index (χ1v) is 8.67. The smallest absolute Gasteiger partial charge is 0.264 e. The van der Waals surface area contributed by atoms with Crippen molar-refractivity contribution < 1.29 is 9.53 Å². The predicted octanol–water partition coefficient (Wildman–Crippen LogP) is 4.32. The second-order valence-corrected chi connectivity index (χ2v) is 6.71. The zero-order chi connectivity index (χ0) is 18.4. The van der Waals surface area contributed by atoms with E-state index in [4.69, 9.17) is 17.0 Å². The molecule has 0 bridgehead atoms. The van der Waals surface area contributed by atoms with E-state index < -0.39 is 0 Å². The summed E-state index contributed by atoms with van der Waals surface area (Å²) in [5.74, 6) is 0.758.